The van der Waals surface area contributed by atoms with Crippen molar-refractivity contribution in [2.24, 2.45) is 0 Å². The van der Waals surface area contributed by atoms with Crippen LogP contribution in [-0.2, 0) is 16.0 Å². The zero-order chi connectivity index (χ0) is 20.3. The van der Waals surface area contributed by atoms with Gasteiger partial charge < -0.3 is 15.4 Å². The summed E-state index contributed by atoms with van der Waals surface area (Å²) in [5, 5.41) is 22.7. The van der Waals surface area contributed by atoms with E-state index in [9.17, 15) is 29.6 Å². The molecule has 9 heteroatoms. The van der Waals surface area contributed by atoms with Gasteiger partial charge in [-0.2, -0.15) is 0 Å². The predicted molar refractivity (Wildman–Crippen MR) is 99.0 cm³/mol. The van der Waals surface area contributed by atoms with Crippen molar-refractivity contribution in [3.05, 3.63) is 76.0 Å². The first kappa shape index (κ1) is 18.8. The third-order valence-electron chi connectivity index (χ3n) is 4.21. The van der Waals surface area contributed by atoms with Crippen LogP contribution in [0.2, 0.25) is 0 Å². The van der Waals surface area contributed by atoms with Gasteiger partial charge >= 0.3 is 5.97 Å². The highest BCUT2D eigenvalue weighted by atomic mass is 16.6. The Bertz CT molecular complexity index is 1070. The minimum atomic E-state index is -1.29. The Hall–Kier alpha value is -4.01. The van der Waals surface area contributed by atoms with Gasteiger partial charge in [0.2, 0.25) is 0 Å². The van der Waals surface area contributed by atoms with Gasteiger partial charge in [0.15, 0.2) is 0 Å². The van der Waals surface area contributed by atoms with Crippen molar-refractivity contribution in [1.29, 1.82) is 0 Å². The van der Waals surface area contributed by atoms with Gasteiger partial charge in [-0.05, 0) is 11.6 Å². The molecule has 142 valence electrons. The SMILES string of the molecule is O=C(N[C@@H](Cc1ccccc1)C(=O)O)C(=O)c1c[nH]c2ccc([N+](=O)[O-])cc12. The van der Waals surface area contributed by atoms with Crippen LogP contribution in [0, 0.1) is 10.1 Å². The second kappa shape index (κ2) is 7.70. The number of amides is 1. The molecule has 9 nitrogen and oxygen atoms in total. The van der Waals surface area contributed by atoms with Gasteiger partial charge in [0.05, 0.1) is 10.5 Å². The molecule has 0 saturated heterocycles. The first-order valence-corrected chi connectivity index (χ1v) is 8.24. The van der Waals surface area contributed by atoms with Crippen LogP contribution in [0.15, 0.2) is 54.7 Å². The highest BCUT2D eigenvalue weighted by molar-refractivity contribution is 6.45. The molecule has 1 amide bonds. The highest BCUT2D eigenvalue weighted by Crippen LogP contribution is 2.24. The van der Waals surface area contributed by atoms with E-state index in [1.54, 1.807) is 30.3 Å². The minimum absolute atomic E-state index is 0.00848. The number of non-ortho nitro benzene ring substituents is 1. The van der Waals surface area contributed by atoms with Gasteiger partial charge in [-0.1, -0.05) is 30.3 Å². The number of nitrogens with one attached hydrogen (secondary N) is 2. The van der Waals surface area contributed by atoms with E-state index in [4.69, 9.17) is 0 Å². The van der Waals surface area contributed by atoms with Crippen LogP contribution in [0.1, 0.15) is 15.9 Å². The van der Waals surface area contributed by atoms with Gasteiger partial charge in [0.1, 0.15) is 6.04 Å². The molecular formula is C19H15N3O6. The Labute approximate surface area is 158 Å². The average molecular weight is 381 g/mol. The minimum Gasteiger partial charge on any atom is -0.480 e. The van der Waals surface area contributed by atoms with E-state index >= 15 is 0 Å². The summed E-state index contributed by atoms with van der Waals surface area (Å²) in [4.78, 5) is 49.4. The number of aromatic nitrogens is 1. The molecule has 28 heavy (non-hydrogen) atoms. The second-order valence-electron chi connectivity index (χ2n) is 6.07. The number of hydrogen-bond donors (Lipinski definition) is 3. The van der Waals surface area contributed by atoms with E-state index in [1.165, 1.54) is 24.4 Å². The summed E-state index contributed by atoms with van der Waals surface area (Å²) in [6.07, 6.45) is 1.28. The normalized spacial score (nSPS) is 11.7. The molecule has 2 aromatic carbocycles. The molecule has 0 radical (unpaired) electrons. The number of benzene rings is 2. The van der Waals surface area contributed by atoms with E-state index in [-0.39, 0.29) is 23.1 Å². The number of hydrogen-bond acceptors (Lipinski definition) is 5. The van der Waals surface area contributed by atoms with Crippen LogP contribution in [0.5, 0.6) is 0 Å². The van der Waals surface area contributed by atoms with E-state index in [2.05, 4.69) is 10.3 Å². The molecule has 3 aromatic rings. The lowest BCUT2D eigenvalue weighted by Crippen LogP contribution is -2.45. The maximum absolute atomic E-state index is 12.5. The fraction of sp³-hybridized carbons (Fsp3) is 0.105. The number of carboxylic acids is 1. The fourth-order valence-electron chi connectivity index (χ4n) is 2.81. The zero-order valence-electron chi connectivity index (χ0n) is 14.4. The molecular weight excluding hydrogens is 366 g/mol. The quantitative estimate of drug-likeness (QED) is 0.247. The molecule has 0 saturated carbocycles. The maximum Gasteiger partial charge on any atom is 0.326 e. The summed E-state index contributed by atoms with van der Waals surface area (Å²) in [5.41, 5.74) is 0.834. The lowest BCUT2D eigenvalue weighted by molar-refractivity contribution is -0.384. The first-order valence-electron chi connectivity index (χ1n) is 8.24. The molecule has 1 heterocycles. The third kappa shape index (κ3) is 3.88. The van der Waals surface area contributed by atoms with Crippen LogP contribution in [0.3, 0.4) is 0 Å². The molecule has 0 unspecified atom stereocenters. The number of aliphatic carboxylic acids is 1. The molecule has 3 rings (SSSR count). The van der Waals surface area contributed by atoms with Crippen LogP contribution >= 0.6 is 0 Å². The maximum atomic E-state index is 12.5. The molecule has 0 fully saturated rings. The van der Waals surface area contributed by atoms with Crippen molar-refractivity contribution < 1.29 is 24.4 Å². The van der Waals surface area contributed by atoms with Crippen LogP contribution in [0.4, 0.5) is 5.69 Å². The highest BCUT2D eigenvalue weighted by Gasteiger charge is 2.27. The van der Waals surface area contributed by atoms with E-state index in [0.29, 0.717) is 11.1 Å². The number of fused-ring (bicyclic) bond motifs is 1. The van der Waals surface area contributed by atoms with Crippen molar-refractivity contribution in [3.8, 4) is 0 Å². The van der Waals surface area contributed by atoms with Crippen molar-refractivity contribution in [1.82, 2.24) is 10.3 Å². The van der Waals surface area contributed by atoms with E-state index in [0.717, 1.165) is 0 Å². The second-order valence-corrected chi connectivity index (χ2v) is 6.07. The smallest absolute Gasteiger partial charge is 0.326 e. The molecule has 0 bridgehead atoms. The first-order chi connectivity index (χ1) is 13.4. The summed E-state index contributed by atoms with van der Waals surface area (Å²) in [5.74, 6) is -3.36. The number of ketones is 1. The van der Waals surface area contributed by atoms with Gasteiger partial charge in [-0.25, -0.2) is 4.79 Å². The molecule has 1 atom stereocenters. The van der Waals surface area contributed by atoms with Crippen molar-refractivity contribution in [3.63, 3.8) is 0 Å². The molecule has 0 aliphatic heterocycles. The summed E-state index contributed by atoms with van der Waals surface area (Å²) in [7, 11) is 0. The Morgan fingerprint density at radius 3 is 2.50 bits per heavy atom. The molecule has 1 aromatic heterocycles. The number of rotatable bonds is 7. The Morgan fingerprint density at radius 2 is 1.86 bits per heavy atom. The number of Topliss-reactive ketones (excluding diaryl/α,β-unsaturated/α-hetero) is 1. The number of nitrogens with zero attached hydrogens (tertiary/aromatic N) is 1. The Morgan fingerprint density at radius 1 is 1.14 bits per heavy atom. The van der Waals surface area contributed by atoms with Crippen LogP contribution < -0.4 is 5.32 Å². The van der Waals surface area contributed by atoms with Crippen LogP contribution in [0.25, 0.3) is 10.9 Å². The van der Waals surface area contributed by atoms with E-state index in [1.807, 2.05) is 0 Å². The summed E-state index contributed by atoms with van der Waals surface area (Å²) in [6.45, 7) is 0. The zero-order valence-corrected chi connectivity index (χ0v) is 14.4. The number of nitro groups is 1. The lowest BCUT2D eigenvalue weighted by atomic mass is 10.0. The number of H-pyrrole nitrogens is 1. The summed E-state index contributed by atoms with van der Waals surface area (Å²) >= 11 is 0. The lowest BCUT2D eigenvalue weighted by Gasteiger charge is -2.14. The monoisotopic (exact) mass is 381 g/mol. The molecule has 0 spiro atoms. The number of aromatic amines is 1. The number of carbonyl (C=O) groups is 3. The number of carbonyl (C=O) groups excluding carboxylic acids is 2. The topological polar surface area (TPSA) is 142 Å². The van der Waals surface area contributed by atoms with Gasteiger partial charge in [0, 0.05) is 35.7 Å². The Balaban J connectivity index is 1.82. The largest absolute Gasteiger partial charge is 0.480 e. The van der Waals surface area contributed by atoms with Gasteiger partial charge in [-0.3, -0.25) is 19.7 Å². The summed E-state index contributed by atoms with van der Waals surface area (Å²) < 4.78 is 0. The number of nitro benzene ring substituents is 1. The molecule has 3 N–H and O–H groups in total. The summed E-state index contributed by atoms with van der Waals surface area (Å²) in [6, 6.07) is 11.3. The predicted octanol–water partition coefficient (Wildman–Crippen LogP) is 2.07. The average Bonchev–Trinajstić information content (AvgIpc) is 3.10. The molecule has 0 aliphatic rings. The van der Waals surface area contributed by atoms with Gasteiger partial charge in [0.25, 0.3) is 17.4 Å². The number of carboxylic acid groups (broad SMARTS) is 1. The van der Waals surface area contributed by atoms with Gasteiger partial charge in [-0.15, -0.1) is 0 Å². The fourth-order valence-corrected chi connectivity index (χ4v) is 2.81. The van der Waals surface area contributed by atoms with Crippen LogP contribution in [-0.4, -0.2) is 38.7 Å². The van der Waals surface area contributed by atoms with E-state index < -0.39 is 28.6 Å². The standard InChI is InChI=1S/C19H15N3O6/c23-17(14-10-20-15-7-6-12(22(27)28)9-13(14)15)18(24)21-16(19(25)26)8-11-4-2-1-3-5-11/h1-7,9-10,16,20H,8H2,(H,21,24)(H,25,26)/t16-/m0/s1. The molecule has 0 aliphatic carbocycles. The third-order valence-corrected chi connectivity index (χ3v) is 4.21. The van der Waals surface area contributed by atoms with Crippen molar-refractivity contribution in [2.45, 2.75) is 12.5 Å². The Kier molecular flexibility index (Phi) is 5.16. The van der Waals surface area contributed by atoms with Crippen molar-refractivity contribution in [2.75, 3.05) is 0 Å². The van der Waals surface area contributed by atoms with Crippen molar-refractivity contribution >= 4 is 34.3 Å².